The predicted molar refractivity (Wildman–Crippen MR) is 89.9 cm³/mol. The zero-order valence-corrected chi connectivity index (χ0v) is 13.5. The molecule has 2 rings (SSSR count). The third kappa shape index (κ3) is 4.55. The Balaban J connectivity index is 1.92. The second-order valence-electron chi connectivity index (χ2n) is 4.92. The first-order chi connectivity index (χ1) is 9.69. The lowest BCUT2D eigenvalue weighted by atomic mass is 10.1. The number of thioether (sulfide) groups is 1. The van der Waals surface area contributed by atoms with Gasteiger partial charge in [0.25, 0.3) is 0 Å². The summed E-state index contributed by atoms with van der Waals surface area (Å²) < 4.78 is 0. The lowest BCUT2D eigenvalue weighted by molar-refractivity contribution is 0.617. The normalized spacial score (nSPS) is 12.3. The van der Waals surface area contributed by atoms with Crippen molar-refractivity contribution in [2.24, 2.45) is 0 Å². The topological polar surface area (TPSA) is 12.0 Å². The first-order valence-corrected chi connectivity index (χ1v) is 8.15. The number of likely N-dealkylation sites (N-methyl/N-ethyl adjacent to an activating group) is 1. The minimum absolute atomic E-state index is 0.443. The van der Waals surface area contributed by atoms with E-state index in [-0.39, 0.29) is 0 Å². The van der Waals surface area contributed by atoms with Crippen LogP contribution < -0.4 is 5.32 Å². The van der Waals surface area contributed by atoms with Crippen molar-refractivity contribution in [3.63, 3.8) is 0 Å². The summed E-state index contributed by atoms with van der Waals surface area (Å²) in [6.07, 6.45) is 1.04. The molecule has 2 aromatic carbocycles. The van der Waals surface area contributed by atoms with Crippen LogP contribution in [0.2, 0.25) is 5.02 Å². The molecule has 0 aliphatic carbocycles. The summed E-state index contributed by atoms with van der Waals surface area (Å²) in [7, 11) is 2.02. The molecule has 1 N–H and O–H groups in total. The van der Waals surface area contributed by atoms with Gasteiger partial charge in [0.05, 0.1) is 5.02 Å². The highest BCUT2D eigenvalue weighted by Gasteiger charge is 2.09. The molecule has 0 aliphatic heterocycles. The van der Waals surface area contributed by atoms with E-state index in [1.54, 1.807) is 0 Å². The van der Waals surface area contributed by atoms with E-state index >= 15 is 0 Å². The zero-order chi connectivity index (χ0) is 14.4. The van der Waals surface area contributed by atoms with E-state index < -0.39 is 0 Å². The Kier molecular flexibility index (Phi) is 5.96. The average Bonchev–Trinajstić information content (AvgIpc) is 2.47. The van der Waals surface area contributed by atoms with Crippen molar-refractivity contribution in [3.8, 4) is 0 Å². The molecule has 20 heavy (non-hydrogen) atoms. The van der Waals surface area contributed by atoms with Gasteiger partial charge >= 0.3 is 0 Å². The first kappa shape index (κ1) is 15.4. The minimum Gasteiger partial charge on any atom is -0.316 e. The van der Waals surface area contributed by atoms with Gasteiger partial charge in [0.1, 0.15) is 0 Å². The molecular formula is C17H20ClNS. The van der Waals surface area contributed by atoms with E-state index in [1.807, 2.05) is 37.0 Å². The Hall–Kier alpha value is -0.960. The quantitative estimate of drug-likeness (QED) is 0.785. The maximum absolute atomic E-state index is 6.19. The summed E-state index contributed by atoms with van der Waals surface area (Å²) in [6, 6.07) is 17.2. The van der Waals surface area contributed by atoms with Crippen molar-refractivity contribution in [2.45, 2.75) is 24.3 Å². The Morgan fingerprint density at radius 2 is 1.80 bits per heavy atom. The molecule has 2 aromatic rings. The highest BCUT2D eigenvalue weighted by atomic mass is 35.5. The summed E-state index contributed by atoms with van der Waals surface area (Å²) in [5.74, 6) is 1.01. The van der Waals surface area contributed by atoms with Crippen molar-refractivity contribution < 1.29 is 0 Å². The van der Waals surface area contributed by atoms with E-state index in [4.69, 9.17) is 11.6 Å². The molecule has 0 saturated carbocycles. The molecule has 1 unspecified atom stereocenters. The largest absolute Gasteiger partial charge is 0.316 e. The summed E-state index contributed by atoms with van der Waals surface area (Å²) in [5.41, 5.74) is 2.68. The number of benzene rings is 2. The fourth-order valence-corrected chi connectivity index (χ4v) is 3.35. The molecule has 0 saturated heterocycles. The van der Waals surface area contributed by atoms with Gasteiger partial charge in [0.15, 0.2) is 0 Å². The van der Waals surface area contributed by atoms with Crippen LogP contribution in [0.5, 0.6) is 0 Å². The second-order valence-corrected chi connectivity index (χ2v) is 6.39. The monoisotopic (exact) mass is 305 g/mol. The van der Waals surface area contributed by atoms with Crippen LogP contribution in [-0.4, -0.2) is 18.8 Å². The van der Waals surface area contributed by atoms with E-state index in [2.05, 4.69) is 42.6 Å². The zero-order valence-electron chi connectivity index (χ0n) is 11.9. The molecular weight excluding hydrogens is 286 g/mol. The van der Waals surface area contributed by atoms with Gasteiger partial charge in [0, 0.05) is 16.7 Å². The van der Waals surface area contributed by atoms with E-state index in [9.17, 15) is 0 Å². The third-order valence-electron chi connectivity index (χ3n) is 3.29. The van der Waals surface area contributed by atoms with Crippen LogP contribution in [0.4, 0.5) is 0 Å². The van der Waals surface area contributed by atoms with Crippen molar-refractivity contribution in [1.82, 2.24) is 5.32 Å². The van der Waals surface area contributed by atoms with Crippen LogP contribution in [0.1, 0.15) is 11.1 Å². The molecule has 0 amide bonds. The molecule has 0 spiro atoms. The summed E-state index contributed by atoms with van der Waals surface area (Å²) in [4.78, 5) is 1.15. The SMILES string of the molecule is CNC(CSc1ccccc1Cl)Cc1ccc(C)cc1. The van der Waals surface area contributed by atoms with E-state index in [0.717, 1.165) is 22.1 Å². The molecule has 106 valence electrons. The van der Waals surface area contributed by atoms with Gasteiger partial charge in [-0.25, -0.2) is 0 Å². The molecule has 1 nitrogen and oxygen atoms in total. The number of hydrogen-bond acceptors (Lipinski definition) is 2. The summed E-state index contributed by atoms with van der Waals surface area (Å²) in [6.45, 7) is 2.12. The van der Waals surface area contributed by atoms with Gasteiger partial charge < -0.3 is 5.32 Å². The van der Waals surface area contributed by atoms with Crippen molar-refractivity contribution >= 4 is 23.4 Å². The van der Waals surface area contributed by atoms with Crippen LogP contribution in [0.3, 0.4) is 0 Å². The van der Waals surface area contributed by atoms with E-state index in [1.165, 1.54) is 11.1 Å². The van der Waals surface area contributed by atoms with Crippen LogP contribution in [0, 0.1) is 6.92 Å². The van der Waals surface area contributed by atoms with Gasteiger partial charge in [-0.3, -0.25) is 0 Å². The Morgan fingerprint density at radius 1 is 1.10 bits per heavy atom. The van der Waals surface area contributed by atoms with Gasteiger partial charge in [-0.1, -0.05) is 53.6 Å². The van der Waals surface area contributed by atoms with Crippen molar-refractivity contribution in [2.75, 3.05) is 12.8 Å². The smallest absolute Gasteiger partial charge is 0.0541 e. The minimum atomic E-state index is 0.443. The Bertz CT molecular complexity index is 539. The lowest BCUT2D eigenvalue weighted by Gasteiger charge is -2.16. The first-order valence-electron chi connectivity index (χ1n) is 6.79. The van der Waals surface area contributed by atoms with Gasteiger partial charge in [-0.2, -0.15) is 0 Å². The lowest BCUT2D eigenvalue weighted by Crippen LogP contribution is -2.30. The maximum Gasteiger partial charge on any atom is 0.0541 e. The Labute approximate surface area is 130 Å². The molecule has 0 heterocycles. The van der Waals surface area contributed by atoms with Gasteiger partial charge in [0.2, 0.25) is 0 Å². The second kappa shape index (κ2) is 7.72. The summed E-state index contributed by atoms with van der Waals surface area (Å²) in [5, 5.41) is 4.23. The highest BCUT2D eigenvalue weighted by molar-refractivity contribution is 7.99. The maximum atomic E-state index is 6.19. The van der Waals surface area contributed by atoms with E-state index in [0.29, 0.717) is 6.04 Å². The van der Waals surface area contributed by atoms with Crippen molar-refractivity contribution in [1.29, 1.82) is 0 Å². The molecule has 1 atom stereocenters. The number of aryl methyl sites for hydroxylation is 1. The average molecular weight is 306 g/mol. The number of halogens is 1. The molecule has 3 heteroatoms. The van der Waals surface area contributed by atoms with Gasteiger partial charge in [-0.15, -0.1) is 11.8 Å². The molecule has 0 aromatic heterocycles. The fourth-order valence-electron chi connectivity index (χ4n) is 2.01. The highest BCUT2D eigenvalue weighted by Crippen LogP contribution is 2.27. The van der Waals surface area contributed by atoms with Crippen molar-refractivity contribution in [3.05, 3.63) is 64.7 Å². The number of rotatable bonds is 6. The molecule has 0 radical (unpaired) electrons. The molecule has 0 fully saturated rings. The fraction of sp³-hybridized carbons (Fsp3) is 0.294. The Morgan fingerprint density at radius 3 is 2.45 bits per heavy atom. The number of nitrogens with one attached hydrogen (secondary N) is 1. The molecule has 0 aliphatic rings. The van der Waals surface area contributed by atoms with Crippen LogP contribution in [0.15, 0.2) is 53.4 Å². The van der Waals surface area contributed by atoms with Gasteiger partial charge in [-0.05, 0) is 38.1 Å². The third-order valence-corrected chi connectivity index (χ3v) is 4.97. The molecule has 0 bridgehead atoms. The summed E-state index contributed by atoms with van der Waals surface area (Å²) >= 11 is 7.99. The van der Waals surface area contributed by atoms with Crippen LogP contribution >= 0.6 is 23.4 Å². The predicted octanol–water partition coefficient (Wildman–Crippen LogP) is 4.57. The van der Waals surface area contributed by atoms with Crippen LogP contribution in [0.25, 0.3) is 0 Å². The number of hydrogen-bond donors (Lipinski definition) is 1. The van der Waals surface area contributed by atoms with Crippen LogP contribution in [-0.2, 0) is 6.42 Å². The standard InChI is InChI=1S/C17H20ClNS/c1-13-7-9-14(10-8-13)11-15(19-2)12-20-17-6-4-3-5-16(17)18/h3-10,15,19H,11-12H2,1-2H3.